The first-order valence-corrected chi connectivity index (χ1v) is 8.70. The summed E-state index contributed by atoms with van der Waals surface area (Å²) in [5.41, 5.74) is 0. The van der Waals surface area contributed by atoms with Crippen molar-refractivity contribution < 1.29 is 22.1 Å². The summed E-state index contributed by atoms with van der Waals surface area (Å²) in [6.07, 6.45) is 0. The molecule has 0 atom stereocenters. The van der Waals surface area contributed by atoms with Gasteiger partial charge in [0.05, 0.1) is 11.6 Å². The van der Waals surface area contributed by atoms with Crippen LogP contribution in [0, 0.1) is 0 Å². The van der Waals surface area contributed by atoms with E-state index >= 15 is 0 Å². The van der Waals surface area contributed by atoms with E-state index in [1.807, 2.05) is 0 Å². The van der Waals surface area contributed by atoms with Gasteiger partial charge in [-0.2, -0.15) is 8.42 Å². The molecule has 0 heterocycles. The van der Waals surface area contributed by atoms with Crippen molar-refractivity contribution in [3.05, 3.63) is 52.5 Å². The highest BCUT2D eigenvalue weighted by Crippen LogP contribution is 2.30. The summed E-state index contributed by atoms with van der Waals surface area (Å²) >= 11 is 11.7. The van der Waals surface area contributed by atoms with E-state index in [9.17, 15) is 8.42 Å². The van der Waals surface area contributed by atoms with Crippen molar-refractivity contribution in [2.24, 2.45) is 0 Å². The number of hydrogen-bond acceptors (Lipinski definition) is 5. The van der Waals surface area contributed by atoms with Gasteiger partial charge in [0.15, 0.2) is 5.75 Å². The fraction of sp³-hybridized carbons (Fsp3) is 0.200. The molecule has 2 aromatic rings. The molecule has 0 aromatic heterocycles. The Balaban J connectivity index is 2.13. The summed E-state index contributed by atoms with van der Waals surface area (Å²) in [4.78, 5) is -0.0115. The van der Waals surface area contributed by atoms with Gasteiger partial charge in [-0.1, -0.05) is 23.2 Å². The van der Waals surface area contributed by atoms with Crippen LogP contribution in [0.2, 0.25) is 10.0 Å². The van der Waals surface area contributed by atoms with E-state index in [1.165, 1.54) is 42.5 Å². The first kappa shape index (κ1) is 17.9. The zero-order chi connectivity index (χ0) is 16.9. The number of hydrogen-bond donors (Lipinski definition) is 0. The van der Waals surface area contributed by atoms with Crippen LogP contribution < -0.4 is 8.92 Å². The first-order valence-electron chi connectivity index (χ1n) is 6.54. The summed E-state index contributed by atoms with van der Waals surface area (Å²) < 4.78 is 39.7. The molecule has 0 aliphatic carbocycles. The molecule has 0 spiro atoms. The lowest BCUT2D eigenvalue weighted by atomic mass is 10.3. The summed E-state index contributed by atoms with van der Waals surface area (Å²) in [6, 6.07) is 10.1. The predicted octanol–water partition coefficient (Wildman–Crippen LogP) is 3.79. The van der Waals surface area contributed by atoms with E-state index in [1.54, 1.807) is 7.11 Å². The maximum Gasteiger partial charge on any atom is 0.339 e. The molecular formula is C15H14Cl2O5S. The van der Waals surface area contributed by atoms with Crippen molar-refractivity contribution >= 4 is 33.3 Å². The van der Waals surface area contributed by atoms with Crippen LogP contribution in [0.15, 0.2) is 47.4 Å². The van der Waals surface area contributed by atoms with E-state index in [0.29, 0.717) is 24.0 Å². The molecule has 2 rings (SSSR count). The van der Waals surface area contributed by atoms with Crippen LogP contribution in [-0.2, 0) is 14.9 Å². The second-order valence-electron chi connectivity index (χ2n) is 4.42. The third-order valence-electron chi connectivity index (χ3n) is 2.76. The SMILES string of the molecule is COCCOc1ccc(S(=O)(=O)Oc2ccc(Cl)cc2Cl)cc1. The number of benzene rings is 2. The molecule has 0 aliphatic heterocycles. The predicted molar refractivity (Wildman–Crippen MR) is 88.1 cm³/mol. The Labute approximate surface area is 144 Å². The molecule has 0 aliphatic rings. The fourth-order valence-corrected chi connectivity index (χ4v) is 3.09. The monoisotopic (exact) mass is 376 g/mol. The zero-order valence-electron chi connectivity index (χ0n) is 12.2. The lowest BCUT2D eigenvalue weighted by Crippen LogP contribution is -2.10. The van der Waals surface area contributed by atoms with E-state index in [0.717, 1.165) is 0 Å². The van der Waals surface area contributed by atoms with E-state index < -0.39 is 10.1 Å². The average molecular weight is 377 g/mol. The van der Waals surface area contributed by atoms with Crippen molar-refractivity contribution in [1.82, 2.24) is 0 Å². The van der Waals surface area contributed by atoms with E-state index in [-0.39, 0.29) is 15.7 Å². The molecule has 0 radical (unpaired) electrons. The minimum absolute atomic E-state index is 0.0106. The molecule has 124 valence electrons. The molecule has 2 aromatic carbocycles. The van der Waals surface area contributed by atoms with Gasteiger partial charge in [0, 0.05) is 12.1 Å². The smallest absolute Gasteiger partial charge is 0.339 e. The topological polar surface area (TPSA) is 61.8 Å². The molecule has 0 N–H and O–H groups in total. The maximum atomic E-state index is 12.2. The van der Waals surface area contributed by atoms with Gasteiger partial charge >= 0.3 is 10.1 Å². The van der Waals surface area contributed by atoms with Gasteiger partial charge in [0.1, 0.15) is 17.3 Å². The standard InChI is InChI=1S/C15H14Cl2O5S/c1-20-8-9-21-12-3-5-13(6-4-12)23(18,19)22-15-7-2-11(16)10-14(15)17/h2-7,10H,8-9H2,1H3. The Kier molecular flexibility index (Phi) is 6.12. The van der Waals surface area contributed by atoms with Crippen LogP contribution >= 0.6 is 23.2 Å². The third-order valence-corrected chi connectivity index (χ3v) is 4.54. The molecular weight excluding hydrogens is 363 g/mol. The van der Waals surface area contributed by atoms with Gasteiger partial charge in [0.2, 0.25) is 0 Å². The molecule has 0 unspecified atom stereocenters. The van der Waals surface area contributed by atoms with Crippen molar-refractivity contribution in [2.75, 3.05) is 20.3 Å². The molecule has 0 saturated heterocycles. The van der Waals surface area contributed by atoms with Gasteiger partial charge in [-0.05, 0) is 42.5 Å². The van der Waals surface area contributed by atoms with Crippen LogP contribution in [0.4, 0.5) is 0 Å². The summed E-state index contributed by atoms with van der Waals surface area (Å²) in [7, 11) is -2.43. The number of ether oxygens (including phenoxy) is 2. The van der Waals surface area contributed by atoms with Crippen LogP contribution in [0.3, 0.4) is 0 Å². The van der Waals surface area contributed by atoms with Crippen molar-refractivity contribution in [2.45, 2.75) is 4.90 Å². The molecule has 5 nitrogen and oxygen atoms in total. The lowest BCUT2D eigenvalue weighted by Gasteiger charge is -2.10. The Morgan fingerprint density at radius 2 is 1.70 bits per heavy atom. The summed E-state index contributed by atoms with van der Waals surface area (Å²) in [5, 5.41) is 0.498. The van der Waals surface area contributed by atoms with Crippen molar-refractivity contribution in [1.29, 1.82) is 0 Å². The largest absolute Gasteiger partial charge is 0.491 e. The second kappa shape index (κ2) is 7.88. The van der Waals surface area contributed by atoms with Gasteiger partial charge in [0.25, 0.3) is 0 Å². The maximum absolute atomic E-state index is 12.2. The van der Waals surface area contributed by atoms with Crippen LogP contribution in [-0.4, -0.2) is 28.7 Å². The van der Waals surface area contributed by atoms with E-state index in [4.69, 9.17) is 36.9 Å². The number of halogens is 2. The zero-order valence-corrected chi connectivity index (χ0v) is 14.5. The Hall–Kier alpha value is -1.47. The molecule has 0 saturated carbocycles. The Morgan fingerprint density at radius 3 is 2.30 bits per heavy atom. The van der Waals surface area contributed by atoms with Gasteiger partial charge in [-0.3, -0.25) is 0 Å². The van der Waals surface area contributed by atoms with Crippen LogP contribution in [0.5, 0.6) is 11.5 Å². The Morgan fingerprint density at radius 1 is 1.00 bits per heavy atom. The number of rotatable bonds is 7. The minimum atomic E-state index is -4.00. The number of methoxy groups -OCH3 is 1. The second-order valence-corrected chi connectivity index (χ2v) is 6.81. The lowest BCUT2D eigenvalue weighted by molar-refractivity contribution is 0.146. The fourth-order valence-electron chi connectivity index (χ4n) is 1.65. The molecule has 0 fully saturated rings. The van der Waals surface area contributed by atoms with Gasteiger partial charge in [-0.15, -0.1) is 0 Å². The van der Waals surface area contributed by atoms with Crippen molar-refractivity contribution in [3.8, 4) is 11.5 Å². The van der Waals surface area contributed by atoms with Crippen LogP contribution in [0.1, 0.15) is 0 Å². The third kappa shape index (κ3) is 5.00. The van der Waals surface area contributed by atoms with E-state index in [2.05, 4.69) is 0 Å². The van der Waals surface area contributed by atoms with Crippen LogP contribution in [0.25, 0.3) is 0 Å². The first-order chi connectivity index (χ1) is 10.9. The molecule has 8 heteroatoms. The molecule has 0 bridgehead atoms. The Bertz CT molecular complexity index is 760. The average Bonchev–Trinajstić information content (AvgIpc) is 2.51. The summed E-state index contributed by atoms with van der Waals surface area (Å²) in [5.74, 6) is 0.544. The molecule has 0 amide bonds. The highest BCUT2D eigenvalue weighted by Gasteiger charge is 2.18. The highest BCUT2D eigenvalue weighted by atomic mass is 35.5. The summed E-state index contributed by atoms with van der Waals surface area (Å²) in [6.45, 7) is 0.817. The molecule has 23 heavy (non-hydrogen) atoms. The minimum Gasteiger partial charge on any atom is -0.491 e. The van der Waals surface area contributed by atoms with Crippen molar-refractivity contribution in [3.63, 3.8) is 0 Å². The van der Waals surface area contributed by atoms with Gasteiger partial charge in [-0.25, -0.2) is 0 Å². The quantitative estimate of drug-likeness (QED) is 0.543. The van der Waals surface area contributed by atoms with Gasteiger partial charge < -0.3 is 13.7 Å². The normalized spacial score (nSPS) is 11.3. The highest BCUT2D eigenvalue weighted by molar-refractivity contribution is 7.87.